The van der Waals surface area contributed by atoms with Crippen LogP contribution in [0.15, 0.2) is 24.3 Å². The predicted octanol–water partition coefficient (Wildman–Crippen LogP) is 2.34. The summed E-state index contributed by atoms with van der Waals surface area (Å²) in [4.78, 5) is 25.1. The molecule has 8 heteroatoms. The highest BCUT2D eigenvalue weighted by Crippen LogP contribution is 2.52. The smallest absolute Gasteiger partial charge is 0.461 e. The molecule has 2 N–H and O–H groups in total. The predicted molar refractivity (Wildman–Crippen MR) is 115 cm³/mol. The standard InChI is InChI=1S/C22H29BN2O5/c1-7-28-18(26)17-11-14-10-15(23-29-20(3,4)21(5,6)30-23)8-9-16(14)25(17)22(19(24)27)12-13(22)2/h8-11,13H,7,12H2,1-6H3,(H2,24,27)/t13-,22-/m0/s1. The van der Waals surface area contributed by atoms with Gasteiger partial charge in [-0.1, -0.05) is 19.1 Å². The van der Waals surface area contributed by atoms with Crippen molar-refractivity contribution in [1.82, 2.24) is 4.57 Å². The zero-order valence-electron chi connectivity index (χ0n) is 18.4. The van der Waals surface area contributed by atoms with E-state index < -0.39 is 35.7 Å². The number of rotatable bonds is 5. The second-order valence-corrected chi connectivity index (χ2v) is 9.39. The van der Waals surface area contributed by atoms with Crippen LogP contribution in [0.1, 0.15) is 58.5 Å². The molecule has 1 saturated carbocycles. The topological polar surface area (TPSA) is 92.8 Å². The SMILES string of the molecule is CCOC(=O)c1cc2cc(B3OC(C)(C)C(C)(C)O3)ccc2n1[C@@]1(C(N)=O)C[C@@H]1C. The minimum absolute atomic E-state index is 0.0431. The maximum absolute atomic E-state index is 12.7. The van der Waals surface area contributed by atoms with Crippen LogP contribution in [0.2, 0.25) is 0 Å². The summed E-state index contributed by atoms with van der Waals surface area (Å²) in [5.41, 5.74) is 5.93. The average molecular weight is 412 g/mol. The van der Waals surface area contributed by atoms with E-state index in [-0.39, 0.29) is 12.5 Å². The number of benzene rings is 1. The molecule has 4 rings (SSSR count). The third-order valence-electron chi connectivity index (χ3n) is 6.93. The Morgan fingerprint density at radius 2 is 1.80 bits per heavy atom. The Balaban J connectivity index is 1.83. The van der Waals surface area contributed by atoms with E-state index in [2.05, 4.69) is 0 Å². The van der Waals surface area contributed by atoms with Crippen LogP contribution >= 0.6 is 0 Å². The van der Waals surface area contributed by atoms with Gasteiger partial charge < -0.3 is 24.3 Å². The van der Waals surface area contributed by atoms with Crippen molar-refractivity contribution in [2.45, 2.75) is 64.7 Å². The maximum Gasteiger partial charge on any atom is 0.494 e. The summed E-state index contributed by atoms with van der Waals surface area (Å²) in [5.74, 6) is -0.861. The summed E-state index contributed by atoms with van der Waals surface area (Å²) in [7, 11) is -0.515. The number of fused-ring (bicyclic) bond motifs is 1. The number of carbonyl (C=O) groups excluding carboxylic acids is 2. The van der Waals surface area contributed by atoms with E-state index in [1.807, 2.05) is 52.8 Å². The molecular weight excluding hydrogens is 383 g/mol. The van der Waals surface area contributed by atoms with Gasteiger partial charge in [0.1, 0.15) is 11.2 Å². The molecule has 1 aliphatic heterocycles. The zero-order valence-corrected chi connectivity index (χ0v) is 18.4. The minimum Gasteiger partial charge on any atom is -0.461 e. The lowest BCUT2D eigenvalue weighted by Gasteiger charge is -2.32. The van der Waals surface area contributed by atoms with Crippen molar-refractivity contribution in [3.05, 3.63) is 30.0 Å². The van der Waals surface area contributed by atoms with Crippen LogP contribution in [-0.4, -0.2) is 41.4 Å². The van der Waals surface area contributed by atoms with Gasteiger partial charge in [0.15, 0.2) is 0 Å². The largest absolute Gasteiger partial charge is 0.494 e. The third kappa shape index (κ3) is 2.88. The first-order valence-corrected chi connectivity index (χ1v) is 10.4. The second-order valence-electron chi connectivity index (χ2n) is 9.39. The van der Waals surface area contributed by atoms with Gasteiger partial charge >= 0.3 is 13.1 Å². The Morgan fingerprint density at radius 1 is 1.20 bits per heavy atom. The normalized spacial score (nSPS) is 26.7. The molecule has 2 aromatic rings. The summed E-state index contributed by atoms with van der Waals surface area (Å²) in [6.45, 7) is 12.0. The molecule has 2 fully saturated rings. The lowest BCUT2D eigenvalue weighted by Crippen LogP contribution is -2.41. The first kappa shape index (κ1) is 20.9. The Labute approximate surface area is 177 Å². The molecular formula is C22H29BN2O5. The molecule has 2 aliphatic rings. The fourth-order valence-electron chi connectivity index (χ4n) is 4.32. The molecule has 0 unspecified atom stereocenters. The number of amides is 1. The Bertz CT molecular complexity index is 1030. The molecule has 2 atom stereocenters. The summed E-state index contributed by atoms with van der Waals surface area (Å²) in [5, 5.41) is 0.810. The van der Waals surface area contributed by atoms with Crippen LogP contribution in [0, 0.1) is 5.92 Å². The lowest BCUT2D eigenvalue weighted by molar-refractivity contribution is -0.122. The summed E-state index contributed by atoms with van der Waals surface area (Å²) >= 11 is 0. The first-order valence-electron chi connectivity index (χ1n) is 10.4. The van der Waals surface area contributed by atoms with Gasteiger partial charge in [0, 0.05) is 10.9 Å². The van der Waals surface area contributed by atoms with E-state index >= 15 is 0 Å². The number of ether oxygens (including phenoxy) is 1. The number of primary amides is 1. The number of nitrogens with zero attached hydrogens (tertiary/aromatic N) is 1. The molecule has 0 spiro atoms. The van der Waals surface area contributed by atoms with Crippen molar-refractivity contribution in [3.8, 4) is 0 Å². The van der Waals surface area contributed by atoms with Crippen molar-refractivity contribution in [1.29, 1.82) is 0 Å². The van der Waals surface area contributed by atoms with Crippen LogP contribution in [0.5, 0.6) is 0 Å². The van der Waals surface area contributed by atoms with E-state index in [1.54, 1.807) is 17.6 Å². The molecule has 2 heterocycles. The Morgan fingerprint density at radius 3 is 2.30 bits per heavy atom. The van der Waals surface area contributed by atoms with E-state index in [0.29, 0.717) is 12.1 Å². The molecule has 0 bridgehead atoms. The van der Waals surface area contributed by atoms with Gasteiger partial charge in [-0.15, -0.1) is 0 Å². The summed E-state index contributed by atoms with van der Waals surface area (Å²) in [6.07, 6.45) is 0.595. The second kappa shape index (κ2) is 6.59. The molecule has 1 aromatic carbocycles. The molecule has 1 aliphatic carbocycles. The molecule has 7 nitrogen and oxygen atoms in total. The van der Waals surface area contributed by atoms with Gasteiger partial charge in [-0.05, 0) is 64.6 Å². The average Bonchev–Trinajstić information content (AvgIpc) is 3.09. The zero-order chi connectivity index (χ0) is 22.1. The third-order valence-corrected chi connectivity index (χ3v) is 6.93. The molecule has 1 amide bonds. The van der Waals surface area contributed by atoms with Gasteiger partial charge in [0.2, 0.25) is 5.91 Å². The summed E-state index contributed by atoms with van der Waals surface area (Å²) in [6, 6.07) is 7.52. The first-order chi connectivity index (χ1) is 13.9. The van der Waals surface area contributed by atoms with E-state index in [4.69, 9.17) is 19.8 Å². The van der Waals surface area contributed by atoms with Crippen LogP contribution in [0.25, 0.3) is 10.9 Å². The van der Waals surface area contributed by atoms with Crippen LogP contribution in [0.4, 0.5) is 0 Å². The van der Waals surface area contributed by atoms with E-state index in [0.717, 1.165) is 16.4 Å². The van der Waals surface area contributed by atoms with E-state index in [9.17, 15) is 9.59 Å². The van der Waals surface area contributed by atoms with Gasteiger partial charge in [-0.25, -0.2) is 4.79 Å². The highest BCUT2D eigenvalue weighted by molar-refractivity contribution is 6.62. The van der Waals surface area contributed by atoms with Crippen LogP contribution < -0.4 is 11.2 Å². The fraction of sp³-hybridized carbons (Fsp3) is 0.545. The molecule has 1 aromatic heterocycles. The number of hydrogen-bond acceptors (Lipinski definition) is 5. The molecule has 30 heavy (non-hydrogen) atoms. The molecule has 0 radical (unpaired) electrons. The monoisotopic (exact) mass is 412 g/mol. The van der Waals surface area contributed by atoms with Crippen molar-refractivity contribution < 1.29 is 23.6 Å². The van der Waals surface area contributed by atoms with Crippen molar-refractivity contribution in [2.75, 3.05) is 6.61 Å². The van der Waals surface area contributed by atoms with Crippen molar-refractivity contribution >= 4 is 35.4 Å². The van der Waals surface area contributed by atoms with Crippen LogP contribution in [-0.2, 0) is 24.4 Å². The molecule has 1 saturated heterocycles. The lowest BCUT2D eigenvalue weighted by atomic mass is 9.78. The van der Waals surface area contributed by atoms with Gasteiger partial charge in [0.25, 0.3) is 0 Å². The highest BCUT2D eigenvalue weighted by Gasteiger charge is 2.59. The number of esters is 1. The van der Waals surface area contributed by atoms with E-state index in [1.165, 1.54) is 0 Å². The van der Waals surface area contributed by atoms with Crippen molar-refractivity contribution in [2.24, 2.45) is 11.7 Å². The number of nitrogens with two attached hydrogens (primary N) is 1. The number of hydrogen-bond donors (Lipinski definition) is 1. The van der Waals surface area contributed by atoms with Crippen molar-refractivity contribution in [3.63, 3.8) is 0 Å². The highest BCUT2D eigenvalue weighted by atomic mass is 16.7. The Kier molecular flexibility index (Phi) is 4.60. The Hall–Kier alpha value is -2.32. The minimum atomic E-state index is -0.907. The summed E-state index contributed by atoms with van der Waals surface area (Å²) < 4.78 is 19.3. The van der Waals surface area contributed by atoms with Gasteiger partial charge in [-0.2, -0.15) is 0 Å². The quantitative estimate of drug-likeness (QED) is 0.601. The number of aromatic nitrogens is 1. The number of carbonyl (C=O) groups is 2. The van der Waals surface area contributed by atoms with Gasteiger partial charge in [-0.3, -0.25) is 4.79 Å². The van der Waals surface area contributed by atoms with Gasteiger partial charge in [0.05, 0.1) is 17.8 Å². The fourth-order valence-corrected chi connectivity index (χ4v) is 4.32. The molecule has 160 valence electrons. The van der Waals surface area contributed by atoms with Crippen LogP contribution in [0.3, 0.4) is 0 Å². The maximum atomic E-state index is 12.7.